The molecule has 0 spiro atoms. The van der Waals surface area contributed by atoms with E-state index in [0.717, 1.165) is 18.2 Å². The van der Waals surface area contributed by atoms with Crippen LogP contribution in [0.1, 0.15) is 26.7 Å². The first-order valence-electron chi connectivity index (χ1n) is 5.71. The number of ether oxygens (including phenoxy) is 1. The molecule has 0 unspecified atom stereocenters. The van der Waals surface area contributed by atoms with Crippen LogP contribution in [0.25, 0.3) is 0 Å². The molecule has 1 aromatic carbocycles. The van der Waals surface area contributed by atoms with Crippen molar-refractivity contribution in [2.45, 2.75) is 32.3 Å². The van der Waals surface area contributed by atoms with Crippen LogP contribution in [0.2, 0.25) is 0 Å². The van der Waals surface area contributed by atoms with E-state index in [0.29, 0.717) is 12.8 Å². The van der Waals surface area contributed by atoms with Crippen molar-refractivity contribution in [3.8, 4) is 5.75 Å². The van der Waals surface area contributed by atoms with E-state index in [1.165, 1.54) is 0 Å². The fraction of sp³-hybridized carbons (Fsp3) is 0.500. The Morgan fingerprint density at radius 1 is 1.44 bits per heavy atom. The zero-order valence-corrected chi connectivity index (χ0v) is 10.4. The number of nitro benzene ring substituents is 1. The highest BCUT2D eigenvalue weighted by atomic mass is 19.1. The van der Waals surface area contributed by atoms with Crippen molar-refractivity contribution in [2.75, 3.05) is 6.61 Å². The molecule has 5 nitrogen and oxygen atoms in total. The van der Waals surface area contributed by atoms with E-state index >= 15 is 0 Å². The summed E-state index contributed by atoms with van der Waals surface area (Å²) in [5.41, 5.74) is -1.37. The molecule has 0 saturated heterocycles. The Hall–Kier alpha value is -1.69. The summed E-state index contributed by atoms with van der Waals surface area (Å²) in [6, 6.07) is 2.99. The Bertz CT molecular complexity index is 432. The summed E-state index contributed by atoms with van der Waals surface area (Å²) in [4.78, 5) is 10.1. The minimum atomic E-state index is -1.06. The molecule has 0 fully saturated rings. The van der Waals surface area contributed by atoms with E-state index in [1.54, 1.807) is 13.8 Å². The standard InChI is InChI=1S/C12H16FNO4/c1-3-12(15,4-2)8-18-11-7-9(13)5-6-10(11)14(16)17/h5-7,15H,3-4,8H2,1-2H3. The topological polar surface area (TPSA) is 72.6 Å². The van der Waals surface area contributed by atoms with Gasteiger partial charge in [0.1, 0.15) is 12.4 Å². The molecular weight excluding hydrogens is 241 g/mol. The van der Waals surface area contributed by atoms with Crippen LogP contribution >= 0.6 is 0 Å². The second kappa shape index (κ2) is 5.77. The van der Waals surface area contributed by atoms with Crippen molar-refractivity contribution in [1.82, 2.24) is 0 Å². The van der Waals surface area contributed by atoms with Gasteiger partial charge < -0.3 is 9.84 Å². The van der Waals surface area contributed by atoms with E-state index in [1.807, 2.05) is 0 Å². The molecule has 0 amide bonds. The predicted molar refractivity (Wildman–Crippen MR) is 64.1 cm³/mol. The molecule has 0 bridgehead atoms. The highest BCUT2D eigenvalue weighted by Crippen LogP contribution is 2.29. The molecule has 1 N–H and O–H groups in total. The van der Waals surface area contributed by atoms with E-state index in [2.05, 4.69) is 0 Å². The SMILES string of the molecule is CCC(O)(CC)COc1cc(F)ccc1[N+](=O)[O-]. The van der Waals surface area contributed by atoms with Gasteiger partial charge in [-0.05, 0) is 18.9 Å². The summed E-state index contributed by atoms with van der Waals surface area (Å²) in [5, 5.41) is 20.7. The molecule has 6 heteroatoms. The van der Waals surface area contributed by atoms with Crippen LogP contribution in [0.15, 0.2) is 18.2 Å². The van der Waals surface area contributed by atoms with Crippen molar-refractivity contribution in [3.63, 3.8) is 0 Å². The lowest BCUT2D eigenvalue weighted by Crippen LogP contribution is -2.34. The second-order valence-electron chi connectivity index (χ2n) is 4.09. The molecule has 1 rings (SSSR count). The lowest BCUT2D eigenvalue weighted by molar-refractivity contribution is -0.386. The highest BCUT2D eigenvalue weighted by Gasteiger charge is 2.25. The number of nitrogens with zero attached hydrogens (tertiary/aromatic N) is 1. The van der Waals surface area contributed by atoms with Crippen LogP contribution in [-0.4, -0.2) is 22.2 Å². The third-order valence-corrected chi connectivity index (χ3v) is 2.93. The third kappa shape index (κ3) is 3.40. The lowest BCUT2D eigenvalue weighted by atomic mass is 9.99. The maximum atomic E-state index is 13.0. The fourth-order valence-corrected chi connectivity index (χ4v) is 1.42. The maximum absolute atomic E-state index is 13.0. The largest absolute Gasteiger partial charge is 0.484 e. The van der Waals surface area contributed by atoms with Crippen LogP contribution in [0, 0.1) is 15.9 Å². The zero-order valence-electron chi connectivity index (χ0n) is 10.4. The summed E-state index contributed by atoms with van der Waals surface area (Å²) in [5.74, 6) is -0.785. The molecule has 18 heavy (non-hydrogen) atoms. The molecule has 0 heterocycles. The minimum absolute atomic E-state index is 0.107. The summed E-state index contributed by atoms with van der Waals surface area (Å²) >= 11 is 0. The van der Waals surface area contributed by atoms with Crippen molar-refractivity contribution >= 4 is 5.69 Å². The van der Waals surface area contributed by atoms with E-state index in [-0.39, 0.29) is 18.0 Å². The van der Waals surface area contributed by atoms with Gasteiger partial charge in [0.25, 0.3) is 0 Å². The van der Waals surface area contributed by atoms with Crippen molar-refractivity contribution < 1.29 is 19.2 Å². The van der Waals surface area contributed by atoms with E-state index in [9.17, 15) is 19.6 Å². The van der Waals surface area contributed by atoms with Gasteiger partial charge in [-0.2, -0.15) is 0 Å². The monoisotopic (exact) mass is 257 g/mol. The fourth-order valence-electron chi connectivity index (χ4n) is 1.42. The summed E-state index contributed by atoms with van der Waals surface area (Å²) < 4.78 is 18.2. The molecule has 0 aliphatic heterocycles. The highest BCUT2D eigenvalue weighted by molar-refractivity contribution is 5.46. The summed E-state index contributed by atoms with van der Waals surface area (Å²) in [6.07, 6.45) is 0.902. The zero-order chi connectivity index (χ0) is 13.8. The molecule has 100 valence electrons. The first-order chi connectivity index (χ1) is 8.41. The van der Waals surface area contributed by atoms with E-state index in [4.69, 9.17) is 4.74 Å². The number of nitro groups is 1. The van der Waals surface area contributed by atoms with Crippen molar-refractivity contribution in [1.29, 1.82) is 0 Å². The van der Waals surface area contributed by atoms with Gasteiger partial charge in [0.05, 0.1) is 10.5 Å². The number of rotatable bonds is 6. The summed E-state index contributed by atoms with van der Waals surface area (Å²) in [7, 11) is 0. The third-order valence-electron chi connectivity index (χ3n) is 2.93. The van der Waals surface area contributed by atoms with Gasteiger partial charge in [-0.1, -0.05) is 13.8 Å². The van der Waals surface area contributed by atoms with Gasteiger partial charge in [0.2, 0.25) is 0 Å². The smallest absolute Gasteiger partial charge is 0.311 e. The molecule has 0 aliphatic rings. The average Bonchev–Trinajstić information content (AvgIpc) is 2.35. The molecule has 0 atom stereocenters. The van der Waals surface area contributed by atoms with Gasteiger partial charge in [0.15, 0.2) is 5.75 Å². The van der Waals surface area contributed by atoms with Gasteiger partial charge in [-0.3, -0.25) is 10.1 Å². The number of halogens is 1. The quantitative estimate of drug-likeness (QED) is 0.628. The van der Waals surface area contributed by atoms with E-state index < -0.39 is 16.3 Å². The Balaban J connectivity index is 2.90. The normalized spacial score (nSPS) is 11.3. The van der Waals surface area contributed by atoms with Crippen LogP contribution in [0.4, 0.5) is 10.1 Å². The van der Waals surface area contributed by atoms with Crippen LogP contribution in [0.3, 0.4) is 0 Å². The Morgan fingerprint density at radius 3 is 2.56 bits per heavy atom. The van der Waals surface area contributed by atoms with Gasteiger partial charge in [-0.15, -0.1) is 0 Å². The first-order valence-corrected chi connectivity index (χ1v) is 5.71. The Labute approximate surface area is 104 Å². The number of hydrogen-bond donors (Lipinski definition) is 1. The second-order valence-corrected chi connectivity index (χ2v) is 4.09. The Morgan fingerprint density at radius 2 is 2.06 bits per heavy atom. The lowest BCUT2D eigenvalue weighted by Gasteiger charge is -2.24. The van der Waals surface area contributed by atoms with Gasteiger partial charge in [0, 0.05) is 12.1 Å². The van der Waals surface area contributed by atoms with Crippen LogP contribution < -0.4 is 4.74 Å². The molecule has 1 aromatic rings. The first kappa shape index (κ1) is 14.4. The number of benzene rings is 1. The minimum Gasteiger partial charge on any atom is -0.484 e. The average molecular weight is 257 g/mol. The molecule has 0 aromatic heterocycles. The maximum Gasteiger partial charge on any atom is 0.311 e. The summed E-state index contributed by atoms with van der Waals surface area (Å²) in [6.45, 7) is 3.46. The van der Waals surface area contributed by atoms with Crippen LogP contribution in [-0.2, 0) is 0 Å². The Kier molecular flexibility index (Phi) is 4.61. The van der Waals surface area contributed by atoms with Gasteiger partial charge >= 0.3 is 5.69 Å². The van der Waals surface area contributed by atoms with Crippen molar-refractivity contribution in [3.05, 3.63) is 34.1 Å². The molecule has 0 saturated carbocycles. The van der Waals surface area contributed by atoms with Crippen molar-refractivity contribution in [2.24, 2.45) is 0 Å². The molecule has 0 radical (unpaired) electrons. The molecular formula is C12H16FNO4. The predicted octanol–water partition coefficient (Wildman–Crippen LogP) is 2.66. The number of aliphatic hydroxyl groups is 1. The van der Waals surface area contributed by atoms with Crippen LogP contribution in [0.5, 0.6) is 5.75 Å². The molecule has 0 aliphatic carbocycles. The van der Waals surface area contributed by atoms with Gasteiger partial charge in [-0.25, -0.2) is 4.39 Å². The number of hydrogen-bond acceptors (Lipinski definition) is 4.